The quantitative estimate of drug-likeness (QED) is 0.612. The van der Waals surface area contributed by atoms with Crippen molar-refractivity contribution in [2.45, 2.75) is 13.3 Å². The van der Waals surface area contributed by atoms with Gasteiger partial charge in [0, 0.05) is 17.8 Å². The molecule has 0 radical (unpaired) electrons. The van der Waals surface area contributed by atoms with E-state index in [1.807, 2.05) is 31.2 Å². The molecule has 134 valence electrons. The number of pyridine rings is 1. The molecule has 0 unspecified atom stereocenters. The van der Waals surface area contributed by atoms with E-state index in [0.717, 1.165) is 12.0 Å². The van der Waals surface area contributed by atoms with E-state index in [9.17, 15) is 4.79 Å². The Kier molecular flexibility index (Phi) is 6.08. The Morgan fingerprint density at radius 2 is 1.85 bits per heavy atom. The minimum absolute atomic E-state index is 0.133. The highest BCUT2D eigenvalue weighted by atomic mass is 35.5. The second kappa shape index (κ2) is 8.49. The molecule has 0 spiro atoms. The number of rotatable bonds is 6. The summed E-state index contributed by atoms with van der Waals surface area (Å²) in [6, 6.07) is 11.1. The first-order chi connectivity index (χ1) is 12.5. The predicted molar refractivity (Wildman–Crippen MR) is 107 cm³/mol. The third kappa shape index (κ3) is 4.94. The molecule has 0 saturated heterocycles. The summed E-state index contributed by atoms with van der Waals surface area (Å²) >= 11 is 13.0. The summed E-state index contributed by atoms with van der Waals surface area (Å²) in [4.78, 5) is 21.5. The van der Waals surface area contributed by atoms with Crippen LogP contribution < -0.4 is 10.6 Å². The van der Waals surface area contributed by atoms with Crippen molar-refractivity contribution in [3.8, 4) is 0 Å². The fourth-order valence-corrected chi connectivity index (χ4v) is 3.40. The van der Waals surface area contributed by atoms with E-state index < -0.39 is 0 Å². The number of thiazole rings is 1. The molecule has 2 aromatic heterocycles. The highest BCUT2D eigenvalue weighted by Gasteiger charge is 2.15. The van der Waals surface area contributed by atoms with E-state index in [-0.39, 0.29) is 5.91 Å². The van der Waals surface area contributed by atoms with Gasteiger partial charge in [-0.2, -0.15) is 0 Å². The van der Waals surface area contributed by atoms with Crippen molar-refractivity contribution in [2.24, 2.45) is 0 Å². The number of halogens is 2. The average molecular weight is 407 g/mol. The highest BCUT2D eigenvalue weighted by molar-refractivity contribution is 7.17. The van der Waals surface area contributed by atoms with E-state index >= 15 is 0 Å². The molecule has 3 rings (SSSR count). The van der Waals surface area contributed by atoms with E-state index in [1.165, 1.54) is 11.3 Å². The normalized spacial score (nSPS) is 10.6. The SMILES string of the molecule is Cc1nc(Nc2ccc(Cl)cn2)sc1C(=O)NCCc1ccc(Cl)cc1. The van der Waals surface area contributed by atoms with Crippen LogP contribution in [0.5, 0.6) is 0 Å². The molecule has 0 aliphatic heterocycles. The van der Waals surface area contributed by atoms with Crippen molar-refractivity contribution < 1.29 is 4.79 Å². The van der Waals surface area contributed by atoms with Crippen LogP contribution in [0.1, 0.15) is 20.9 Å². The van der Waals surface area contributed by atoms with Crippen molar-refractivity contribution in [1.29, 1.82) is 0 Å². The zero-order valence-corrected chi connectivity index (χ0v) is 16.3. The summed E-state index contributed by atoms with van der Waals surface area (Å²) in [6.45, 7) is 2.35. The van der Waals surface area contributed by atoms with Crippen LogP contribution in [0, 0.1) is 6.92 Å². The van der Waals surface area contributed by atoms with Gasteiger partial charge in [-0.1, -0.05) is 46.7 Å². The summed E-state index contributed by atoms with van der Waals surface area (Å²) in [5.74, 6) is 0.490. The van der Waals surface area contributed by atoms with Crippen molar-refractivity contribution in [3.63, 3.8) is 0 Å². The lowest BCUT2D eigenvalue weighted by molar-refractivity contribution is 0.0957. The summed E-state index contributed by atoms with van der Waals surface area (Å²) in [7, 11) is 0. The highest BCUT2D eigenvalue weighted by Crippen LogP contribution is 2.25. The molecular formula is C18H16Cl2N4OS. The number of amides is 1. The summed E-state index contributed by atoms with van der Waals surface area (Å²) < 4.78 is 0. The Bertz CT molecular complexity index is 895. The lowest BCUT2D eigenvalue weighted by atomic mass is 10.1. The Hall–Kier alpha value is -2.15. The molecule has 26 heavy (non-hydrogen) atoms. The number of aromatic nitrogens is 2. The van der Waals surface area contributed by atoms with Crippen molar-refractivity contribution >= 4 is 51.4 Å². The fraction of sp³-hybridized carbons (Fsp3) is 0.167. The third-order valence-electron chi connectivity index (χ3n) is 3.58. The van der Waals surface area contributed by atoms with Gasteiger partial charge in [-0.25, -0.2) is 9.97 Å². The monoisotopic (exact) mass is 406 g/mol. The lowest BCUT2D eigenvalue weighted by Gasteiger charge is -2.04. The molecule has 0 aliphatic carbocycles. The molecule has 2 heterocycles. The molecule has 1 aromatic carbocycles. The molecule has 3 aromatic rings. The standard InChI is InChI=1S/C18H16Cl2N4OS/c1-11-16(17(25)21-9-8-12-2-4-13(19)5-3-12)26-18(23-11)24-15-7-6-14(20)10-22-15/h2-7,10H,8-9H2,1H3,(H,21,25)(H,22,23,24). The van der Waals surface area contributed by atoms with Crippen LogP contribution in [-0.2, 0) is 6.42 Å². The topological polar surface area (TPSA) is 66.9 Å². The summed E-state index contributed by atoms with van der Waals surface area (Å²) in [5.41, 5.74) is 1.79. The number of nitrogens with one attached hydrogen (secondary N) is 2. The van der Waals surface area contributed by atoms with Crippen LogP contribution in [0.15, 0.2) is 42.6 Å². The van der Waals surface area contributed by atoms with Gasteiger partial charge in [0.1, 0.15) is 10.7 Å². The van der Waals surface area contributed by atoms with Gasteiger partial charge >= 0.3 is 0 Å². The number of benzene rings is 1. The van der Waals surface area contributed by atoms with Gasteiger partial charge in [0.2, 0.25) is 0 Å². The van der Waals surface area contributed by atoms with Crippen molar-refractivity contribution in [2.75, 3.05) is 11.9 Å². The Morgan fingerprint density at radius 1 is 1.12 bits per heavy atom. The van der Waals surface area contributed by atoms with Crippen LogP contribution in [0.25, 0.3) is 0 Å². The number of hydrogen-bond acceptors (Lipinski definition) is 5. The zero-order chi connectivity index (χ0) is 18.5. The van der Waals surface area contributed by atoms with Crippen LogP contribution >= 0.6 is 34.5 Å². The Labute approximate surface area is 165 Å². The maximum absolute atomic E-state index is 12.4. The lowest BCUT2D eigenvalue weighted by Crippen LogP contribution is -2.25. The molecule has 2 N–H and O–H groups in total. The molecule has 8 heteroatoms. The average Bonchev–Trinajstić information content (AvgIpc) is 2.99. The van der Waals surface area contributed by atoms with Gasteiger partial charge in [0.25, 0.3) is 5.91 Å². The predicted octanol–water partition coefficient (Wildman–Crippen LogP) is 4.87. The number of anilines is 2. The van der Waals surface area contributed by atoms with E-state index in [2.05, 4.69) is 20.6 Å². The molecule has 0 atom stereocenters. The smallest absolute Gasteiger partial charge is 0.263 e. The molecule has 0 bridgehead atoms. The second-order valence-electron chi connectivity index (χ2n) is 5.55. The number of aryl methyl sites for hydroxylation is 1. The first kappa shape index (κ1) is 18.6. The van der Waals surface area contributed by atoms with Gasteiger partial charge < -0.3 is 10.6 Å². The number of hydrogen-bond donors (Lipinski definition) is 2. The van der Waals surface area contributed by atoms with Crippen LogP contribution in [0.4, 0.5) is 10.9 Å². The Morgan fingerprint density at radius 3 is 2.54 bits per heavy atom. The summed E-state index contributed by atoms with van der Waals surface area (Å²) in [6.07, 6.45) is 2.29. The molecule has 1 amide bonds. The summed E-state index contributed by atoms with van der Waals surface area (Å²) in [5, 5.41) is 7.88. The molecule has 0 saturated carbocycles. The van der Waals surface area contributed by atoms with Gasteiger partial charge in [-0.3, -0.25) is 4.79 Å². The van der Waals surface area contributed by atoms with Gasteiger partial charge in [0.05, 0.1) is 10.7 Å². The van der Waals surface area contributed by atoms with Crippen LogP contribution in [-0.4, -0.2) is 22.4 Å². The molecule has 0 fully saturated rings. The van der Waals surface area contributed by atoms with Crippen LogP contribution in [0.3, 0.4) is 0 Å². The van der Waals surface area contributed by atoms with E-state index in [0.29, 0.717) is 38.1 Å². The largest absolute Gasteiger partial charge is 0.351 e. The van der Waals surface area contributed by atoms with E-state index in [1.54, 1.807) is 18.3 Å². The minimum atomic E-state index is -0.133. The molecule has 0 aliphatic rings. The molecular weight excluding hydrogens is 391 g/mol. The number of carbonyl (C=O) groups excluding carboxylic acids is 1. The number of nitrogens with zero attached hydrogens (tertiary/aromatic N) is 2. The number of carbonyl (C=O) groups is 1. The van der Waals surface area contributed by atoms with Crippen molar-refractivity contribution in [3.05, 3.63) is 68.8 Å². The maximum Gasteiger partial charge on any atom is 0.263 e. The minimum Gasteiger partial charge on any atom is -0.351 e. The zero-order valence-electron chi connectivity index (χ0n) is 13.9. The van der Waals surface area contributed by atoms with Gasteiger partial charge in [-0.05, 0) is 43.2 Å². The molecule has 5 nitrogen and oxygen atoms in total. The third-order valence-corrected chi connectivity index (χ3v) is 5.12. The van der Waals surface area contributed by atoms with Gasteiger partial charge in [-0.15, -0.1) is 0 Å². The first-order valence-electron chi connectivity index (χ1n) is 7.90. The van der Waals surface area contributed by atoms with Gasteiger partial charge in [0.15, 0.2) is 5.13 Å². The second-order valence-corrected chi connectivity index (χ2v) is 7.42. The Balaban J connectivity index is 1.58. The van der Waals surface area contributed by atoms with Crippen LogP contribution in [0.2, 0.25) is 10.0 Å². The first-order valence-corrected chi connectivity index (χ1v) is 9.47. The van der Waals surface area contributed by atoms with E-state index in [4.69, 9.17) is 23.2 Å². The van der Waals surface area contributed by atoms with Crippen molar-refractivity contribution in [1.82, 2.24) is 15.3 Å². The fourth-order valence-electron chi connectivity index (χ4n) is 2.27. The maximum atomic E-state index is 12.4.